The number of benzene rings is 1. The Labute approximate surface area is 115 Å². The molecule has 0 aliphatic heterocycles. The second-order valence-corrected chi connectivity index (χ2v) is 5.47. The SMILES string of the molecule is Cc1cc(NCc2cc(C(N)=O)cs2)c(C)cc1O. The van der Waals surface area contributed by atoms with Gasteiger partial charge in [-0.1, -0.05) is 0 Å². The van der Waals surface area contributed by atoms with E-state index in [1.807, 2.05) is 19.9 Å². The Bertz CT molecular complexity index is 620. The maximum atomic E-state index is 11.0. The van der Waals surface area contributed by atoms with Crippen molar-refractivity contribution in [2.75, 3.05) is 5.32 Å². The molecule has 0 spiro atoms. The zero-order valence-corrected chi connectivity index (χ0v) is 11.7. The van der Waals surface area contributed by atoms with Crippen LogP contribution in [0.5, 0.6) is 5.75 Å². The lowest BCUT2D eigenvalue weighted by Gasteiger charge is -2.10. The highest BCUT2D eigenvalue weighted by Gasteiger charge is 2.06. The van der Waals surface area contributed by atoms with Gasteiger partial charge in [0, 0.05) is 22.5 Å². The minimum Gasteiger partial charge on any atom is -0.508 e. The molecule has 1 aromatic carbocycles. The molecule has 1 amide bonds. The molecule has 2 aromatic rings. The lowest BCUT2D eigenvalue weighted by atomic mass is 10.1. The number of nitrogens with one attached hydrogen (secondary N) is 1. The molecule has 0 saturated heterocycles. The largest absolute Gasteiger partial charge is 0.508 e. The number of aromatic hydroxyl groups is 1. The van der Waals surface area contributed by atoms with E-state index >= 15 is 0 Å². The van der Waals surface area contributed by atoms with Gasteiger partial charge < -0.3 is 16.2 Å². The Balaban J connectivity index is 2.09. The Morgan fingerprint density at radius 1 is 1.32 bits per heavy atom. The topological polar surface area (TPSA) is 75.3 Å². The molecule has 0 saturated carbocycles. The minimum atomic E-state index is -0.404. The molecule has 100 valence electrons. The van der Waals surface area contributed by atoms with Crippen molar-refractivity contribution < 1.29 is 9.90 Å². The number of hydrogen-bond donors (Lipinski definition) is 3. The van der Waals surface area contributed by atoms with Gasteiger partial charge in [-0.25, -0.2) is 0 Å². The third kappa shape index (κ3) is 3.06. The normalized spacial score (nSPS) is 10.4. The highest BCUT2D eigenvalue weighted by molar-refractivity contribution is 7.10. The number of phenols is 1. The van der Waals surface area contributed by atoms with Crippen molar-refractivity contribution >= 4 is 22.9 Å². The van der Waals surface area contributed by atoms with Crippen LogP contribution in [0.2, 0.25) is 0 Å². The molecule has 5 heteroatoms. The van der Waals surface area contributed by atoms with Crippen molar-refractivity contribution in [3.63, 3.8) is 0 Å². The van der Waals surface area contributed by atoms with Gasteiger partial charge in [0.2, 0.25) is 5.91 Å². The Morgan fingerprint density at radius 2 is 2.05 bits per heavy atom. The quantitative estimate of drug-likeness (QED) is 0.752. The van der Waals surface area contributed by atoms with Crippen LogP contribution in [0.4, 0.5) is 5.69 Å². The number of amides is 1. The van der Waals surface area contributed by atoms with Crippen LogP contribution < -0.4 is 11.1 Å². The maximum Gasteiger partial charge on any atom is 0.249 e. The van der Waals surface area contributed by atoms with E-state index in [9.17, 15) is 9.90 Å². The van der Waals surface area contributed by atoms with Gasteiger partial charge in [0.15, 0.2) is 0 Å². The Hall–Kier alpha value is -2.01. The number of anilines is 1. The predicted octanol–water partition coefficient (Wildman–Crippen LogP) is 2.78. The van der Waals surface area contributed by atoms with Gasteiger partial charge in [0.05, 0.1) is 5.56 Å². The molecule has 0 aliphatic rings. The number of carbonyl (C=O) groups is 1. The van der Waals surface area contributed by atoms with E-state index in [1.54, 1.807) is 17.5 Å². The molecular weight excluding hydrogens is 260 g/mol. The Kier molecular flexibility index (Phi) is 3.76. The van der Waals surface area contributed by atoms with E-state index in [4.69, 9.17) is 5.73 Å². The van der Waals surface area contributed by atoms with Crippen molar-refractivity contribution in [2.24, 2.45) is 5.73 Å². The van der Waals surface area contributed by atoms with E-state index in [-0.39, 0.29) is 0 Å². The number of aryl methyl sites for hydroxylation is 2. The molecule has 4 nitrogen and oxygen atoms in total. The number of nitrogens with two attached hydrogens (primary N) is 1. The summed E-state index contributed by atoms with van der Waals surface area (Å²) < 4.78 is 0. The number of primary amides is 1. The fourth-order valence-electron chi connectivity index (χ4n) is 1.78. The molecule has 0 radical (unpaired) electrons. The molecule has 0 atom stereocenters. The first-order chi connectivity index (χ1) is 8.97. The van der Waals surface area contributed by atoms with Crippen LogP contribution in [0.3, 0.4) is 0 Å². The van der Waals surface area contributed by atoms with Crippen molar-refractivity contribution in [3.05, 3.63) is 45.1 Å². The summed E-state index contributed by atoms with van der Waals surface area (Å²) in [5, 5.41) is 14.7. The van der Waals surface area contributed by atoms with Crippen LogP contribution in [0.15, 0.2) is 23.6 Å². The average Bonchev–Trinajstić information content (AvgIpc) is 2.81. The van der Waals surface area contributed by atoms with Gasteiger partial charge in [-0.05, 0) is 43.2 Å². The van der Waals surface area contributed by atoms with Gasteiger partial charge in [-0.15, -0.1) is 11.3 Å². The van der Waals surface area contributed by atoms with Gasteiger partial charge >= 0.3 is 0 Å². The molecule has 1 aromatic heterocycles. The molecule has 0 unspecified atom stereocenters. The summed E-state index contributed by atoms with van der Waals surface area (Å²) in [7, 11) is 0. The summed E-state index contributed by atoms with van der Waals surface area (Å²) in [4.78, 5) is 12.0. The third-order valence-electron chi connectivity index (χ3n) is 2.93. The van der Waals surface area contributed by atoms with Gasteiger partial charge in [-0.3, -0.25) is 4.79 Å². The summed E-state index contributed by atoms with van der Waals surface area (Å²) in [6.07, 6.45) is 0. The zero-order chi connectivity index (χ0) is 14.0. The summed E-state index contributed by atoms with van der Waals surface area (Å²) >= 11 is 1.50. The van der Waals surface area contributed by atoms with Crippen LogP contribution in [0.1, 0.15) is 26.4 Å². The van der Waals surface area contributed by atoms with Crippen LogP contribution in [-0.4, -0.2) is 11.0 Å². The fraction of sp³-hybridized carbons (Fsp3) is 0.214. The first kappa shape index (κ1) is 13.4. The van der Waals surface area contributed by atoms with E-state index in [2.05, 4.69) is 5.32 Å². The second-order valence-electron chi connectivity index (χ2n) is 4.47. The molecule has 2 rings (SSSR count). The predicted molar refractivity (Wildman–Crippen MR) is 77.7 cm³/mol. The molecule has 0 aliphatic carbocycles. The molecule has 19 heavy (non-hydrogen) atoms. The van der Waals surface area contributed by atoms with E-state index < -0.39 is 5.91 Å². The van der Waals surface area contributed by atoms with Crippen LogP contribution in [-0.2, 0) is 6.54 Å². The zero-order valence-electron chi connectivity index (χ0n) is 10.9. The molecule has 0 bridgehead atoms. The highest BCUT2D eigenvalue weighted by atomic mass is 32.1. The fourth-order valence-corrected chi connectivity index (χ4v) is 2.59. The van der Waals surface area contributed by atoms with Crippen LogP contribution in [0, 0.1) is 13.8 Å². The summed E-state index contributed by atoms with van der Waals surface area (Å²) in [5.41, 5.74) is 8.54. The van der Waals surface area contributed by atoms with Crippen molar-refractivity contribution in [3.8, 4) is 5.75 Å². The smallest absolute Gasteiger partial charge is 0.249 e. The monoisotopic (exact) mass is 276 g/mol. The molecule has 1 heterocycles. The van der Waals surface area contributed by atoms with Crippen LogP contribution >= 0.6 is 11.3 Å². The van der Waals surface area contributed by atoms with E-state index in [1.165, 1.54) is 11.3 Å². The number of thiophene rings is 1. The number of phenolic OH excluding ortho intramolecular Hbond substituents is 1. The molecule has 4 N–H and O–H groups in total. The van der Waals surface area contributed by atoms with Crippen molar-refractivity contribution in [1.29, 1.82) is 0 Å². The minimum absolute atomic E-state index is 0.301. The summed E-state index contributed by atoms with van der Waals surface area (Å²) in [6.45, 7) is 4.42. The first-order valence-electron chi connectivity index (χ1n) is 5.88. The summed E-state index contributed by atoms with van der Waals surface area (Å²) in [6, 6.07) is 5.44. The van der Waals surface area contributed by atoms with Crippen molar-refractivity contribution in [1.82, 2.24) is 0 Å². The van der Waals surface area contributed by atoms with E-state index in [0.717, 1.165) is 21.7 Å². The van der Waals surface area contributed by atoms with Gasteiger partial charge in [0.25, 0.3) is 0 Å². The molecular formula is C14H16N2O2S. The average molecular weight is 276 g/mol. The maximum absolute atomic E-state index is 11.0. The second kappa shape index (κ2) is 5.32. The molecule has 0 fully saturated rings. The summed E-state index contributed by atoms with van der Waals surface area (Å²) in [5.74, 6) is -0.102. The third-order valence-corrected chi connectivity index (χ3v) is 3.87. The van der Waals surface area contributed by atoms with Crippen molar-refractivity contribution in [2.45, 2.75) is 20.4 Å². The highest BCUT2D eigenvalue weighted by Crippen LogP contribution is 2.26. The standard InChI is InChI=1S/C14H16N2O2S/c1-8-4-13(17)9(2)3-12(8)16-6-11-5-10(7-19-11)14(15)18/h3-5,7,16-17H,6H2,1-2H3,(H2,15,18). The Morgan fingerprint density at radius 3 is 2.68 bits per heavy atom. The van der Waals surface area contributed by atoms with Gasteiger partial charge in [0.1, 0.15) is 5.75 Å². The number of carbonyl (C=O) groups excluding carboxylic acids is 1. The number of hydrogen-bond acceptors (Lipinski definition) is 4. The lowest BCUT2D eigenvalue weighted by molar-refractivity contribution is 0.100. The van der Waals surface area contributed by atoms with E-state index in [0.29, 0.717) is 17.9 Å². The number of rotatable bonds is 4. The van der Waals surface area contributed by atoms with Crippen LogP contribution in [0.25, 0.3) is 0 Å². The lowest BCUT2D eigenvalue weighted by Crippen LogP contribution is -2.09. The first-order valence-corrected chi connectivity index (χ1v) is 6.76. The van der Waals surface area contributed by atoms with Gasteiger partial charge in [-0.2, -0.15) is 0 Å².